The molecule has 0 aliphatic rings. The van der Waals surface area contributed by atoms with Crippen molar-refractivity contribution in [3.8, 4) is 0 Å². The van der Waals surface area contributed by atoms with Gasteiger partial charge in [0.1, 0.15) is 0 Å². The molecule has 0 fully saturated rings. The minimum atomic E-state index is -0.000602. The van der Waals surface area contributed by atoms with Gasteiger partial charge in [-0.25, -0.2) is 0 Å². The van der Waals surface area contributed by atoms with E-state index in [-0.39, 0.29) is 5.43 Å². The molecule has 0 spiro atoms. The Labute approximate surface area is 100 Å². The summed E-state index contributed by atoms with van der Waals surface area (Å²) in [5.74, 6) is 0. The molecule has 0 N–H and O–H groups in total. The number of benzene rings is 1. The smallest absolute Gasteiger partial charge is 0.197 e. The molecule has 78 valence electrons. The number of aromatic nitrogens is 1. The minimum Gasteiger partial charge on any atom is -0.288 e. The predicted molar refractivity (Wildman–Crippen MR) is 68.4 cm³/mol. The van der Waals surface area contributed by atoms with E-state index in [1.807, 2.05) is 6.07 Å². The third-order valence-electron chi connectivity index (χ3n) is 2.45. The van der Waals surface area contributed by atoms with Crippen LogP contribution in [0.4, 0.5) is 0 Å². The molecular formula is C12H6ClNOS. The quantitative estimate of drug-likeness (QED) is 0.570. The lowest BCUT2D eigenvalue weighted by Crippen LogP contribution is -2.01. The molecule has 2 aromatic heterocycles. The Balaban J connectivity index is 2.67. The Kier molecular flexibility index (Phi) is 2.16. The van der Waals surface area contributed by atoms with Crippen molar-refractivity contribution in [2.45, 2.75) is 0 Å². The molecule has 0 atom stereocenters. The van der Waals surface area contributed by atoms with Crippen molar-refractivity contribution >= 4 is 43.1 Å². The van der Waals surface area contributed by atoms with Gasteiger partial charge < -0.3 is 0 Å². The number of hydrogen-bond acceptors (Lipinski definition) is 3. The molecule has 2 nitrogen and oxygen atoms in total. The Morgan fingerprint density at radius 3 is 2.94 bits per heavy atom. The van der Waals surface area contributed by atoms with Crippen LogP contribution in [0.15, 0.2) is 41.5 Å². The van der Waals surface area contributed by atoms with Crippen molar-refractivity contribution in [3.05, 3.63) is 51.9 Å². The molecule has 0 unspecified atom stereocenters. The summed E-state index contributed by atoms with van der Waals surface area (Å²) in [6, 6.07) is 7.23. The molecule has 1 aromatic carbocycles. The topological polar surface area (TPSA) is 30.0 Å². The first-order valence-corrected chi connectivity index (χ1v) is 5.92. The van der Waals surface area contributed by atoms with Crippen LogP contribution in [-0.2, 0) is 0 Å². The van der Waals surface area contributed by atoms with Crippen molar-refractivity contribution < 1.29 is 0 Å². The monoisotopic (exact) mass is 247 g/mol. The highest BCUT2D eigenvalue weighted by molar-refractivity contribution is 7.25. The Morgan fingerprint density at radius 1 is 1.19 bits per heavy atom. The van der Waals surface area contributed by atoms with Gasteiger partial charge in [-0.05, 0) is 18.2 Å². The third-order valence-corrected chi connectivity index (χ3v) is 4.10. The zero-order chi connectivity index (χ0) is 11.1. The first kappa shape index (κ1) is 9.75. The minimum absolute atomic E-state index is 0.000602. The molecule has 2 heterocycles. The molecule has 0 saturated heterocycles. The maximum Gasteiger partial charge on any atom is 0.197 e. The summed E-state index contributed by atoms with van der Waals surface area (Å²) in [5.41, 5.74) is -0.000602. The van der Waals surface area contributed by atoms with Crippen molar-refractivity contribution in [1.82, 2.24) is 4.98 Å². The molecule has 0 saturated carbocycles. The Morgan fingerprint density at radius 2 is 2.06 bits per heavy atom. The van der Waals surface area contributed by atoms with Gasteiger partial charge in [-0.1, -0.05) is 17.7 Å². The van der Waals surface area contributed by atoms with E-state index < -0.39 is 0 Å². The maximum absolute atomic E-state index is 12.1. The highest BCUT2D eigenvalue weighted by Crippen LogP contribution is 2.29. The number of halogens is 1. The molecule has 3 rings (SSSR count). The van der Waals surface area contributed by atoms with Gasteiger partial charge in [0, 0.05) is 22.5 Å². The van der Waals surface area contributed by atoms with Crippen LogP contribution < -0.4 is 5.43 Å². The summed E-state index contributed by atoms with van der Waals surface area (Å²) < 4.78 is 1.76. The van der Waals surface area contributed by atoms with E-state index in [2.05, 4.69) is 4.98 Å². The number of nitrogens with zero attached hydrogens (tertiary/aromatic N) is 1. The van der Waals surface area contributed by atoms with Crippen LogP contribution in [0.25, 0.3) is 20.2 Å². The number of rotatable bonds is 0. The molecule has 3 aromatic rings. The molecule has 4 heteroatoms. The van der Waals surface area contributed by atoms with Crippen LogP contribution in [0.5, 0.6) is 0 Å². The molecular weight excluding hydrogens is 242 g/mol. The largest absolute Gasteiger partial charge is 0.288 e. The SMILES string of the molecule is O=c1c2cnccc2sc2c(Cl)cccc12. The van der Waals surface area contributed by atoms with Gasteiger partial charge in [0.25, 0.3) is 0 Å². The fourth-order valence-corrected chi connectivity index (χ4v) is 3.02. The lowest BCUT2D eigenvalue weighted by molar-refractivity contribution is 1.37. The summed E-state index contributed by atoms with van der Waals surface area (Å²) >= 11 is 7.61. The van der Waals surface area contributed by atoms with E-state index in [1.54, 1.807) is 30.6 Å². The van der Waals surface area contributed by atoms with E-state index >= 15 is 0 Å². The molecule has 0 radical (unpaired) electrons. The van der Waals surface area contributed by atoms with E-state index in [0.717, 1.165) is 9.40 Å². The fraction of sp³-hybridized carbons (Fsp3) is 0. The number of pyridine rings is 1. The van der Waals surface area contributed by atoms with Crippen LogP contribution in [0.3, 0.4) is 0 Å². The van der Waals surface area contributed by atoms with Crippen molar-refractivity contribution in [2.75, 3.05) is 0 Å². The van der Waals surface area contributed by atoms with Crippen LogP contribution in [0.1, 0.15) is 0 Å². The number of hydrogen-bond donors (Lipinski definition) is 0. The van der Waals surface area contributed by atoms with Gasteiger partial charge in [0.05, 0.1) is 15.1 Å². The van der Waals surface area contributed by atoms with E-state index in [9.17, 15) is 4.79 Å². The van der Waals surface area contributed by atoms with Crippen molar-refractivity contribution in [2.24, 2.45) is 0 Å². The van der Waals surface area contributed by atoms with Crippen LogP contribution in [-0.4, -0.2) is 4.98 Å². The first-order chi connectivity index (χ1) is 7.77. The summed E-state index contributed by atoms with van der Waals surface area (Å²) in [6.45, 7) is 0. The second-order valence-corrected chi connectivity index (χ2v) is 4.88. The van der Waals surface area contributed by atoms with Gasteiger partial charge in [0.15, 0.2) is 5.43 Å². The first-order valence-electron chi connectivity index (χ1n) is 4.72. The van der Waals surface area contributed by atoms with Gasteiger partial charge >= 0.3 is 0 Å². The van der Waals surface area contributed by atoms with Gasteiger partial charge in [-0.3, -0.25) is 9.78 Å². The van der Waals surface area contributed by atoms with E-state index in [1.165, 1.54) is 11.3 Å². The molecule has 0 aliphatic heterocycles. The van der Waals surface area contributed by atoms with Gasteiger partial charge in [-0.15, -0.1) is 11.3 Å². The average molecular weight is 248 g/mol. The number of fused-ring (bicyclic) bond motifs is 2. The highest BCUT2D eigenvalue weighted by atomic mass is 35.5. The van der Waals surface area contributed by atoms with Crippen LogP contribution in [0.2, 0.25) is 5.02 Å². The van der Waals surface area contributed by atoms with Crippen LogP contribution >= 0.6 is 22.9 Å². The fourth-order valence-electron chi connectivity index (χ4n) is 1.69. The van der Waals surface area contributed by atoms with Gasteiger partial charge in [0.2, 0.25) is 0 Å². The third kappa shape index (κ3) is 1.32. The van der Waals surface area contributed by atoms with E-state index in [0.29, 0.717) is 15.8 Å². The van der Waals surface area contributed by atoms with E-state index in [4.69, 9.17) is 11.6 Å². The van der Waals surface area contributed by atoms with Gasteiger partial charge in [-0.2, -0.15) is 0 Å². The van der Waals surface area contributed by atoms with Crippen molar-refractivity contribution in [3.63, 3.8) is 0 Å². The Bertz CT molecular complexity index is 751. The van der Waals surface area contributed by atoms with Crippen molar-refractivity contribution in [1.29, 1.82) is 0 Å². The lowest BCUT2D eigenvalue weighted by Gasteiger charge is -2.01. The molecule has 16 heavy (non-hydrogen) atoms. The second kappa shape index (κ2) is 3.54. The highest BCUT2D eigenvalue weighted by Gasteiger charge is 2.07. The zero-order valence-electron chi connectivity index (χ0n) is 8.11. The normalized spacial score (nSPS) is 11.1. The summed E-state index contributed by atoms with van der Waals surface area (Å²) in [4.78, 5) is 16.1. The molecule has 0 bridgehead atoms. The summed E-state index contributed by atoms with van der Waals surface area (Å²) in [7, 11) is 0. The Hall–Kier alpha value is -1.45. The van der Waals surface area contributed by atoms with Crippen LogP contribution in [0, 0.1) is 0 Å². The predicted octanol–water partition coefficient (Wildman–Crippen LogP) is 3.46. The second-order valence-electron chi connectivity index (χ2n) is 3.42. The lowest BCUT2D eigenvalue weighted by atomic mass is 10.2. The summed E-state index contributed by atoms with van der Waals surface area (Å²) in [6.07, 6.45) is 3.29. The maximum atomic E-state index is 12.1. The molecule has 0 aliphatic carbocycles. The average Bonchev–Trinajstić information content (AvgIpc) is 2.31. The standard InChI is InChI=1S/C12H6ClNOS/c13-9-3-1-2-7-11(15)8-6-14-5-4-10(8)16-12(7)9/h1-6H. The zero-order valence-corrected chi connectivity index (χ0v) is 9.68. The molecule has 0 amide bonds. The summed E-state index contributed by atoms with van der Waals surface area (Å²) in [5, 5.41) is 1.94.